The molecule has 1 aromatic carbocycles. The Morgan fingerprint density at radius 3 is 2.44 bits per heavy atom. The van der Waals surface area contributed by atoms with Crippen molar-refractivity contribution in [2.75, 3.05) is 54.4 Å². The van der Waals surface area contributed by atoms with Gasteiger partial charge >= 0.3 is 0 Å². The molecule has 5 aliphatic rings. The summed E-state index contributed by atoms with van der Waals surface area (Å²) in [6.45, 7) is 6.33. The number of nitrogens with two attached hydrogens (primary N) is 1. The molecule has 4 saturated heterocycles. The number of imide groups is 2. The van der Waals surface area contributed by atoms with E-state index >= 15 is 0 Å². The number of nitrogens with one attached hydrogen (secondary N) is 3. The van der Waals surface area contributed by atoms with E-state index in [-0.39, 0.29) is 53.3 Å². The molecule has 0 radical (unpaired) electrons. The Morgan fingerprint density at radius 2 is 1.72 bits per heavy atom. The number of hydrogen-bond acceptors (Lipinski definition) is 14. The van der Waals surface area contributed by atoms with Crippen LogP contribution in [0.3, 0.4) is 0 Å². The molecule has 54 heavy (non-hydrogen) atoms. The zero-order chi connectivity index (χ0) is 37.7. The molecule has 0 spiro atoms. The number of piperidine rings is 3. The molecule has 0 saturated carbocycles. The fourth-order valence-electron chi connectivity index (χ4n) is 8.04. The topological polar surface area (TPSA) is 216 Å². The molecule has 3 aromatic rings. The zero-order valence-electron chi connectivity index (χ0n) is 29.7. The van der Waals surface area contributed by atoms with Gasteiger partial charge in [-0.05, 0) is 87.9 Å². The number of carbonyl (C=O) groups excluding carboxylic acids is 6. The van der Waals surface area contributed by atoms with Crippen molar-refractivity contribution in [1.29, 1.82) is 0 Å². The zero-order valence-corrected chi connectivity index (χ0v) is 30.6. The Hall–Kier alpha value is -5.49. The molecule has 17 nitrogen and oxygen atoms in total. The van der Waals surface area contributed by atoms with Gasteiger partial charge in [0.25, 0.3) is 17.7 Å². The van der Waals surface area contributed by atoms with Crippen LogP contribution in [0.5, 0.6) is 0 Å². The van der Waals surface area contributed by atoms with Crippen LogP contribution in [0.4, 0.5) is 22.3 Å². The third-order valence-electron chi connectivity index (χ3n) is 11.0. The second-order valence-corrected chi connectivity index (χ2v) is 15.4. The number of rotatable bonds is 9. The second kappa shape index (κ2) is 14.4. The van der Waals surface area contributed by atoms with Crippen molar-refractivity contribution in [2.45, 2.75) is 63.6 Å². The number of anilines is 4. The lowest BCUT2D eigenvalue weighted by Crippen LogP contribution is -2.61. The van der Waals surface area contributed by atoms with Gasteiger partial charge in [-0.2, -0.15) is 4.37 Å². The number of aryl methyl sites for hydroxylation is 1. The Labute approximate surface area is 314 Å². The highest BCUT2D eigenvalue weighted by Crippen LogP contribution is 2.34. The van der Waals surface area contributed by atoms with Crippen molar-refractivity contribution in [2.24, 2.45) is 11.7 Å². The Morgan fingerprint density at radius 1 is 0.944 bits per heavy atom. The predicted molar refractivity (Wildman–Crippen MR) is 197 cm³/mol. The van der Waals surface area contributed by atoms with E-state index in [2.05, 4.69) is 40.0 Å². The summed E-state index contributed by atoms with van der Waals surface area (Å²) in [7, 11) is 0. The normalized spacial score (nSPS) is 22.6. The number of likely N-dealkylation sites (tertiary alicyclic amines) is 1. The largest absolute Gasteiger partial charge is 0.368 e. The average Bonchev–Trinajstić information content (AvgIpc) is 3.66. The van der Waals surface area contributed by atoms with Crippen molar-refractivity contribution >= 4 is 69.3 Å². The lowest BCUT2D eigenvalue weighted by atomic mass is 9.92. The predicted octanol–water partition coefficient (Wildman–Crippen LogP) is 1.17. The van der Waals surface area contributed by atoms with E-state index in [1.54, 1.807) is 18.3 Å². The fourth-order valence-corrected chi connectivity index (χ4v) is 8.70. The molecular weight excluding hydrogens is 715 g/mol. The van der Waals surface area contributed by atoms with E-state index < -0.39 is 35.6 Å². The van der Waals surface area contributed by atoms with E-state index in [4.69, 9.17) is 10.7 Å². The SMILES string of the molecule is Cc1cc(Nc2nc(N3CCC[C@@H](NC(=O)C4CCN(C5CN(c6ccc7c(c6)C(=O)N(C6CCC(=O)NC6=O)C7=O)C5)CC4)C3)cnc2C(N)=O)sn1. The van der Waals surface area contributed by atoms with Crippen LogP contribution >= 0.6 is 11.5 Å². The molecule has 5 aliphatic heterocycles. The van der Waals surface area contributed by atoms with E-state index in [1.165, 1.54) is 11.5 Å². The van der Waals surface area contributed by atoms with Crippen molar-refractivity contribution in [3.05, 3.63) is 53.0 Å². The highest BCUT2D eigenvalue weighted by atomic mass is 32.1. The minimum absolute atomic E-state index is 0.0464. The van der Waals surface area contributed by atoms with Crippen molar-refractivity contribution in [3.8, 4) is 0 Å². The standard InChI is InChI=1S/C36H41N11O6S/c1-19-13-29(54-43-19)42-32-30(31(37)49)38-15-27(40-32)45-10-2-3-21(16-45)39-33(50)20-8-11-44(12-9-20)23-17-46(18-23)22-4-5-24-25(14-22)36(53)47(35(24)52)26-6-7-28(48)41-34(26)51/h4-5,13-15,20-21,23,26H,2-3,6-12,16-18H2,1H3,(H2,37,49)(H,39,50)(H,40,42)(H,41,48,51)/t21-,26?/m1/s1. The summed E-state index contributed by atoms with van der Waals surface area (Å²) in [6.07, 6.45) is 4.99. The Bertz CT molecular complexity index is 2040. The second-order valence-electron chi connectivity index (χ2n) is 14.6. The van der Waals surface area contributed by atoms with Crippen molar-refractivity contribution in [3.63, 3.8) is 0 Å². The summed E-state index contributed by atoms with van der Waals surface area (Å²) >= 11 is 1.26. The summed E-state index contributed by atoms with van der Waals surface area (Å²) in [5, 5.41) is 9.37. The van der Waals surface area contributed by atoms with Crippen LogP contribution in [0.2, 0.25) is 0 Å². The number of fused-ring (bicyclic) bond motifs is 1. The first-order valence-corrected chi connectivity index (χ1v) is 19.1. The van der Waals surface area contributed by atoms with Crippen LogP contribution in [-0.2, 0) is 14.4 Å². The Kier molecular flexibility index (Phi) is 9.47. The maximum atomic E-state index is 13.4. The number of primary amides is 1. The Balaban J connectivity index is 0.817. The molecule has 282 valence electrons. The van der Waals surface area contributed by atoms with E-state index in [9.17, 15) is 28.8 Å². The smallest absolute Gasteiger partial charge is 0.271 e. The van der Waals surface area contributed by atoms with Crippen LogP contribution in [0.15, 0.2) is 30.5 Å². The number of amides is 6. The first-order chi connectivity index (χ1) is 26.0. The maximum absolute atomic E-state index is 13.4. The number of carbonyl (C=O) groups is 6. The molecule has 18 heteroatoms. The summed E-state index contributed by atoms with van der Waals surface area (Å²) < 4.78 is 4.27. The third kappa shape index (κ3) is 6.86. The lowest BCUT2D eigenvalue weighted by Gasteiger charge is -2.48. The summed E-state index contributed by atoms with van der Waals surface area (Å²) in [5.74, 6) is -1.88. The van der Waals surface area contributed by atoms with Gasteiger partial charge in [0.15, 0.2) is 11.5 Å². The molecule has 6 amide bonds. The summed E-state index contributed by atoms with van der Waals surface area (Å²) in [6, 6.07) is 6.33. The van der Waals surface area contributed by atoms with Gasteiger partial charge in [-0.25, -0.2) is 9.97 Å². The van der Waals surface area contributed by atoms with Gasteiger partial charge in [-0.15, -0.1) is 0 Å². The van der Waals surface area contributed by atoms with Gasteiger partial charge in [-0.1, -0.05) is 0 Å². The molecular formula is C36H41N11O6S. The van der Waals surface area contributed by atoms with E-state index in [0.717, 1.165) is 79.7 Å². The highest BCUT2D eigenvalue weighted by molar-refractivity contribution is 7.10. The first kappa shape index (κ1) is 35.5. The van der Waals surface area contributed by atoms with Crippen LogP contribution in [0.25, 0.3) is 0 Å². The van der Waals surface area contributed by atoms with Crippen LogP contribution in [-0.4, -0.2) is 117 Å². The minimum atomic E-state index is -0.992. The first-order valence-electron chi connectivity index (χ1n) is 18.3. The van der Waals surface area contributed by atoms with Gasteiger partial charge in [0.1, 0.15) is 16.9 Å². The van der Waals surface area contributed by atoms with E-state index in [1.807, 2.05) is 19.1 Å². The van der Waals surface area contributed by atoms with Gasteiger partial charge in [0, 0.05) is 56.3 Å². The number of aromatic nitrogens is 3. The van der Waals surface area contributed by atoms with E-state index in [0.29, 0.717) is 18.4 Å². The van der Waals surface area contributed by atoms with Gasteiger partial charge < -0.3 is 26.2 Å². The van der Waals surface area contributed by atoms with Crippen LogP contribution in [0.1, 0.15) is 75.4 Å². The van der Waals surface area contributed by atoms with Crippen LogP contribution in [0, 0.1) is 12.8 Å². The van der Waals surface area contributed by atoms with Gasteiger partial charge in [0.05, 0.1) is 23.0 Å². The quantitative estimate of drug-likeness (QED) is 0.226. The molecule has 2 aromatic heterocycles. The molecule has 0 aliphatic carbocycles. The molecule has 1 unspecified atom stereocenters. The molecule has 4 fully saturated rings. The lowest BCUT2D eigenvalue weighted by molar-refractivity contribution is -0.136. The average molecular weight is 756 g/mol. The van der Waals surface area contributed by atoms with Gasteiger partial charge in [0.2, 0.25) is 17.7 Å². The third-order valence-corrected chi connectivity index (χ3v) is 11.8. The highest BCUT2D eigenvalue weighted by Gasteiger charge is 2.45. The maximum Gasteiger partial charge on any atom is 0.271 e. The molecule has 2 atom stereocenters. The summed E-state index contributed by atoms with van der Waals surface area (Å²) in [5.41, 5.74) is 7.84. The molecule has 0 bridgehead atoms. The number of benzene rings is 1. The number of hydrogen-bond donors (Lipinski definition) is 4. The molecule has 7 heterocycles. The van der Waals surface area contributed by atoms with Gasteiger partial charge in [-0.3, -0.25) is 43.9 Å². The number of nitrogens with zero attached hydrogens (tertiary/aromatic N) is 7. The van der Waals surface area contributed by atoms with Crippen molar-refractivity contribution < 1.29 is 28.8 Å². The molecule has 8 rings (SSSR count). The van der Waals surface area contributed by atoms with Crippen molar-refractivity contribution in [1.82, 2.24) is 34.8 Å². The molecule has 5 N–H and O–H groups in total. The fraction of sp³-hybridized carbons (Fsp3) is 0.472. The van der Waals surface area contributed by atoms with Crippen LogP contribution < -0.4 is 31.5 Å². The summed E-state index contributed by atoms with van der Waals surface area (Å²) in [4.78, 5) is 92.5. The minimum Gasteiger partial charge on any atom is -0.368 e. The monoisotopic (exact) mass is 755 g/mol.